The Labute approximate surface area is 238 Å². The van der Waals surface area contributed by atoms with Gasteiger partial charge in [0.05, 0.1) is 0 Å². The molecular formula is C37H44Hf. The first kappa shape index (κ1) is 27.4. The van der Waals surface area contributed by atoms with Crippen LogP contribution in [-0.4, -0.2) is 3.26 Å². The van der Waals surface area contributed by atoms with Crippen LogP contribution >= 0.6 is 0 Å². The summed E-state index contributed by atoms with van der Waals surface area (Å²) in [6.07, 6.45) is 6.01. The molecule has 0 aromatic heterocycles. The Hall–Kier alpha value is -2.12. The van der Waals surface area contributed by atoms with E-state index in [4.69, 9.17) is 0 Å². The van der Waals surface area contributed by atoms with E-state index in [1.807, 2.05) is 0 Å². The molecule has 0 heterocycles. The van der Waals surface area contributed by atoms with Crippen molar-refractivity contribution in [1.82, 2.24) is 0 Å². The molecule has 0 aliphatic heterocycles. The van der Waals surface area contributed by atoms with E-state index in [2.05, 4.69) is 136 Å². The fourth-order valence-electron chi connectivity index (χ4n) is 6.50. The monoisotopic (exact) mass is 668 g/mol. The Morgan fingerprint density at radius 1 is 0.737 bits per heavy atom. The summed E-state index contributed by atoms with van der Waals surface area (Å²) in [6.45, 7) is 23.6. The number of fused-ring (bicyclic) bond motifs is 3. The van der Waals surface area contributed by atoms with Crippen molar-refractivity contribution < 1.29 is 21.0 Å². The number of aryl methyl sites for hydroxylation is 2. The SMILES string of the molecule is C[C](C)=[Hf]([C]1=C(c2c(C)cccc2C)C=CC1)[CH]1c2cc(C(C)(C)C)ccc2-c2ccc(C(C)(C)C)cc21. The number of benzene rings is 3. The van der Waals surface area contributed by atoms with Gasteiger partial charge in [0.25, 0.3) is 0 Å². The van der Waals surface area contributed by atoms with Crippen molar-refractivity contribution in [3.63, 3.8) is 0 Å². The average molecular weight is 667 g/mol. The molecule has 196 valence electrons. The first-order valence-corrected chi connectivity index (χ1v) is 19.9. The molecule has 0 atom stereocenters. The van der Waals surface area contributed by atoms with E-state index in [0.717, 1.165) is 6.42 Å². The Kier molecular flexibility index (Phi) is 7.09. The maximum atomic E-state index is 2.59. The molecule has 0 nitrogen and oxygen atoms in total. The third kappa shape index (κ3) is 4.74. The molecule has 0 fully saturated rings. The van der Waals surface area contributed by atoms with Gasteiger partial charge >= 0.3 is 240 Å². The summed E-state index contributed by atoms with van der Waals surface area (Å²) in [4.78, 5) is 0. The first-order valence-electron chi connectivity index (χ1n) is 14.2. The molecule has 0 N–H and O–H groups in total. The van der Waals surface area contributed by atoms with E-state index in [1.54, 1.807) is 17.7 Å². The van der Waals surface area contributed by atoms with Gasteiger partial charge in [-0.05, 0) is 0 Å². The van der Waals surface area contributed by atoms with Gasteiger partial charge in [-0.2, -0.15) is 0 Å². The summed E-state index contributed by atoms with van der Waals surface area (Å²) < 4.78 is 4.04. The molecule has 2 aliphatic rings. The van der Waals surface area contributed by atoms with Gasteiger partial charge in [0, 0.05) is 0 Å². The van der Waals surface area contributed by atoms with Crippen LogP contribution in [0.2, 0.25) is 0 Å². The van der Waals surface area contributed by atoms with E-state index in [0.29, 0.717) is 3.67 Å². The standard InChI is InChI=1S/C21H25.C13H13.C3H6.Hf/c1-20(2,3)16-7-9-18-14(12-16)11-15-13-17(21(4,5)6)8-10-19(15)18;1-10-6-5-7-11(2)13(10)12-8-3-4-9-12;1-3-2;/h7-13H,1-6H3;3,5-8H,4H2,1-2H3;1-2H3;. The van der Waals surface area contributed by atoms with Crippen molar-refractivity contribution in [3.8, 4) is 11.1 Å². The quantitative estimate of drug-likeness (QED) is 0.244. The second kappa shape index (κ2) is 9.81. The number of hydrogen-bond acceptors (Lipinski definition) is 0. The number of hydrogen-bond donors (Lipinski definition) is 0. The van der Waals surface area contributed by atoms with Gasteiger partial charge in [0.2, 0.25) is 0 Å². The number of rotatable bonds is 3. The number of allylic oxidation sites excluding steroid dienone is 4. The molecule has 2 aliphatic carbocycles. The van der Waals surface area contributed by atoms with Gasteiger partial charge in [-0.1, -0.05) is 0 Å². The van der Waals surface area contributed by atoms with Crippen molar-refractivity contribution >= 4 is 8.83 Å². The molecule has 5 rings (SSSR count). The van der Waals surface area contributed by atoms with E-state index in [1.165, 1.54) is 44.5 Å². The maximum absolute atomic E-state index is 2.60. The molecule has 0 unspecified atom stereocenters. The van der Waals surface area contributed by atoms with Crippen LogP contribution in [0.25, 0.3) is 16.7 Å². The minimum absolute atomic E-state index is 0.138. The van der Waals surface area contributed by atoms with Crippen LogP contribution in [0.5, 0.6) is 0 Å². The topological polar surface area (TPSA) is 0 Å². The second-order valence-corrected chi connectivity index (χ2v) is 24.5. The minimum atomic E-state index is -2.60. The summed E-state index contributed by atoms with van der Waals surface area (Å²) in [6, 6.07) is 21.6. The zero-order valence-corrected chi connectivity index (χ0v) is 28.7. The summed E-state index contributed by atoms with van der Waals surface area (Å²) >= 11 is -2.60. The van der Waals surface area contributed by atoms with E-state index >= 15 is 0 Å². The Morgan fingerprint density at radius 3 is 1.68 bits per heavy atom. The normalized spacial score (nSPS) is 15.2. The predicted molar refractivity (Wildman–Crippen MR) is 164 cm³/mol. The molecule has 0 amide bonds. The van der Waals surface area contributed by atoms with Gasteiger partial charge in [-0.3, -0.25) is 0 Å². The van der Waals surface area contributed by atoms with Gasteiger partial charge in [0.1, 0.15) is 0 Å². The van der Waals surface area contributed by atoms with Crippen molar-refractivity contribution in [2.24, 2.45) is 0 Å². The third-order valence-corrected chi connectivity index (χ3v) is 20.8. The van der Waals surface area contributed by atoms with Crippen LogP contribution in [0.4, 0.5) is 0 Å². The van der Waals surface area contributed by atoms with Crippen LogP contribution in [0, 0.1) is 13.8 Å². The predicted octanol–water partition coefficient (Wildman–Crippen LogP) is 10.2. The second-order valence-electron chi connectivity index (χ2n) is 13.7. The zero-order valence-electron chi connectivity index (χ0n) is 25.1. The molecule has 0 radical (unpaired) electrons. The summed E-state index contributed by atoms with van der Waals surface area (Å²) in [5, 5.41) is 0. The molecule has 3 aromatic carbocycles. The third-order valence-electron chi connectivity index (χ3n) is 8.58. The van der Waals surface area contributed by atoms with Crippen LogP contribution in [0.1, 0.15) is 104 Å². The van der Waals surface area contributed by atoms with Gasteiger partial charge < -0.3 is 0 Å². The summed E-state index contributed by atoms with van der Waals surface area (Å²) in [7, 11) is 0. The van der Waals surface area contributed by atoms with E-state index in [-0.39, 0.29) is 10.8 Å². The molecular weight excluding hydrogens is 623 g/mol. The van der Waals surface area contributed by atoms with Gasteiger partial charge in [0.15, 0.2) is 0 Å². The fraction of sp³-hybridized carbons (Fsp3) is 0.378. The first-order chi connectivity index (χ1) is 17.8. The fourth-order valence-corrected chi connectivity index (χ4v) is 19.0. The van der Waals surface area contributed by atoms with Crippen molar-refractivity contribution in [2.45, 2.75) is 90.2 Å². The van der Waals surface area contributed by atoms with E-state index in [9.17, 15) is 0 Å². The van der Waals surface area contributed by atoms with Crippen molar-refractivity contribution in [2.75, 3.05) is 0 Å². The van der Waals surface area contributed by atoms with Crippen LogP contribution < -0.4 is 0 Å². The van der Waals surface area contributed by atoms with Gasteiger partial charge in [-0.15, -0.1) is 0 Å². The van der Waals surface area contributed by atoms with E-state index < -0.39 is 21.0 Å². The molecule has 0 saturated heterocycles. The van der Waals surface area contributed by atoms with Crippen molar-refractivity contribution in [3.05, 3.63) is 109 Å². The molecule has 38 heavy (non-hydrogen) atoms. The Morgan fingerprint density at radius 2 is 1.24 bits per heavy atom. The molecule has 3 aromatic rings. The Balaban J connectivity index is 1.81. The van der Waals surface area contributed by atoms with Crippen LogP contribution in [0.3, 0.4) is 0 Å². The Bertz CT molecular complexity index is 1440. The zero-order chi connectivity index (χ0) is 27.6. The van der Waals surface area contributed by atoms with Crippen LogP contribution in [0.15, 0.2) is 70.1 Å². The molecule has 1 heteroatoms. The van der Waals surface area contributed by atoms with Gasteiger partial charge in [-0.25, -0.2) is 0 Å². The summed E-state index contributed by atoms with van der Waals surface area (Å²) in [5.74, 6) is 0. The van der Waals surface area contributed by atoms with Crippen LogP contribution in [-0.2, 0) is 31.8 Å². The average Bonchev–Trinajstić information content (AvgIpc) is 3.41. The summed E-state index contributed by atoms with van der Waals surface area (Å²) in [5.41, 5.74) is 15.2. The van der Waals surface area contributed by atoms with Crippen molar-refractivity contribution in [1.29, 1.82) is 0 Å². The molecule has 0 spiro atoms. The molecule has 0 saturated carbocycles. The molecule has 0 bridgehead atoms.